The van der Waals surface area contributed by atoms with Crippen LogP contribution in [0.15, 0.2) is 4.99 Å². The smallest absolute Gasteiger partial charge is 0.188 e. The highest BCUT2D eigenvalue weighted by Crippen LogP contribution is 2.17. The Morgan fingerprint density at radius 3 is 2.50 bits per heavy atom. The Balaban J connectivity index is 0.00000225. The fourth-order valence-electron chi connectivity index (χ4n) is 1.01. The van der Waals surface area contributed by atoms with Gasteiger partial charge in [0.2, 0.25) is 0 Å². The molecule has 1 aliphatic rings. The Labute approximate surface area is 114 Å². The minimum Gasteiger partial charge on any atom is -0.370 e. The molecule has 0 spiro atoms. The molecule has 0 bridgehead atoms. The molecule has 0 aromatic rings. The molecule has 0 aromatic heterocycles. The molecule has 1 saturated carbocycles. The number of guanidine groups is 1. The Hall–Kier alpha value is -0.0500. The van der Waals surface area contributed by atoms with E-state index in [-0.39, 0.29) is 41.5 Å². The summed E-state index contributed by atoms with van der Waals surface area (Å²) in [5, 5.41) is 2.66. The minimum atomic E-state index is -3.00. The summed E-state index contributed by atoms with van der Waals surface area (Å²) in [5.41, 5.74) is 5.56. The first-order valence-corrected chi connectivity index (χ1v) is 6.91. The maximum atomic E-state index is 11.4. The van der Waals surface area contributed by atoms with Gasteiger partial charge in [-0.1, -0.05) is 0 Å². The lowest BCUT2D eigenvalue weighted by molar-refractivity contribution is 0.587. The van der Waals surface area contributed by atoms with E-state index in [1.165, 1.54) is 0 Å². The van der Waals surface area contributed by atoms with Crippen molar-refractivity contribution in [2.45, 2.75) is 38.0 Å². The van der Waals surface area contributed by atoms with Crippen molar-refractivity contribution in [1.29, 1.82) is 0 Å². The van der Waals surface area contributed by atoms with Crippen molar-refractivity contribution in [2.24, 2.45) is 10.7 Å². The zero-order chi connectivity index (χ0) is 11.5. The van der Waals surface area contributed by atoms with E-state index in [4.69, 9.17) is 5.73 Å². The van der Waals surface area contributed by atoms with Gasteiger partial charge in [0.15, 0.2) is 15.8 Å². The number of halogens is 1. The molecule has 0 atom stereocenters. The van der Waals surface area contributed by atoms with Gasteiger partial charge in [-0.25, -0.2) is 8.42 Å². The van der Waals surface area contributed by atoms with Crippen LogP contribution in [0.5, 0.6) is 0 Å². The summed E-state index contributed by atoms with van der Waals surface area (Å²) in [5.74, 6) is 0.425. The highest BCUT2D eigenvalue weighted by Gasteiger charge is 2.21. The van der Waals surface area contributed by atoms with Crippen molar-refractivity contribution in [3.63, 3.8) is 0 Å². The van der Waals surface area contributed by atoms with Crippen molar-refractivity contribution in [3.05, 3.63) is 0 Å². The van der Waals surface area contributed by atoms with Gasteiger partial charge in [-0.15, -0.1) is 24.0 Å². The van der Waals surface area contributed by atoms with E-state index in [0.29, 0.717) is 12.0 Å². The van der Waals surface area contributed by atoms with E-state index in [9.17, 15) is 8.42 Å². The number of nitrogens with one attached hydrogen (secondary N) is 1. The number of aliphatic imine (C=N–C) groups is 1. The highest BCUT2D eigenvalue weighted by atomic mass is 127. The molecule has 0 saturated heterocycles. The van der Waals surface area contributed by atoms with Crippen LogP contribution >= 0.6 is 24.0 Å². The number of nitrogens with two attached hydrogens (primary N) is 1. The summed E-state index contributed by atoms with van der Waals surface area (Å²) in [4.78, 5) is 3.98. The first-order chi connectivity index (χ1) is 6.92. The average Bonchev–Trinajstić information content (AvgIpc) is 2.87. The third kappa shape index (κ3) is 5.88. The van der Waals surface area contributed by atoms with Gasteiger partial charge in [-0.3, -0.25) is 4.99 Å². The largest absolute Gasteiger partial charge is 0.370 e. The van der Waals surface area contributed by atoms with Crippen LogP contribution in [0.25, 0.3) is 0 Å². The first-order valence-electron chi connectivity index (χ1n) is 5.20. The molecule has 0 radical (unpaired) electrons. The minimum absolute atomic E-state index is 0. The van der Waals surface area contributed by atoms with Gasteiger partial charge in [0.05, 0.1) is 17.5 Å². The van der Waals surface area contributed by atoms with E-state index in [1.54, 1.807) is 13.8 Å². The van der Waals surface area contributed by atoms with E-state index in [0.717, 1.165) is 12.8 Å². The molecule has 0 unspecified atom stereocenters. The van der Waals surface area contributed by atoms with E-state index < -0.39 is 9.84 Å². The van der Waals surface area contributed by atoms with Gasteiger partial charge in [-0.2, -0.15) is 0 Å². The van der Waals surface area contributed by atoms with Gasteiger partial charge in [0, 0.05) is 6.04 Å². The fourth-order valence-corrected chi connectivity index (χ4v) is 1.83. The normalized spacial score (nSPS) is 17.1. The van der Waals surface area contributed by atoms with Crippen molar-refractivity contribution < 1.29 is 8.42 Å². The van der Waals surface area contributed by atoms with Crippen molar-refractivity contribution in [2.75, 3.05) is 12.3 Å². The van der Waals surface area contributed by atoms with Crippen molar-refractivity contribution >= 4 is 39.8 Å². The second kappa shape index (κ2) is 6.63. The molecule has 0 amide bonds. The molecular weight excluding hydrogens is 341 g/mol. The molecule has 7 heteroatoms. The van der Waals surface area contributed by atoms with Gasteiger partial charge in [0.25, 0.3) is 0 Å². The summed E-state index contributed by atoms with van der Waals surface area (Å²) in [6.07, 6.45) is 2.25. The molecule has 1 fully saturated rings. The van der Waals surface area contributed by atoms with Gasteiger partial charge >= 0.3 is 0 Å². The monoisotopic (exact) mass is 361 g/mol. The number of rotatable bonds is 5. The zero-order valence-electron chi connectivity index (χ0n) is 9.64. The maximum absolute atomic E-state index is 11.4. The molecule has 1 rings (SSSR count). The topological polar surface area (TPSA) is 84.5 Å². The van der Waals surface area contributed by atoms with Crippen molar-refractivity contribution in [3.8, 4) is 0 Å². The number of nitrogens with zero attached hydrogens (tertiary/aromatic N) is 1. The SMILES string of the molecule is CC(C)S(=O)(=O)CCN=C(N)NC1CC1.I. The Morgan fingerprint density at radius 2 is 2.06 bits per heavy atom. The second-order valence-corrected chi connectivity index (χ2v) is 6.78. The van der Waals surface area contributed by atoms with Crippen LogP contribution in [0, 0.1) is 0 Å². The lowest BCUT2D eigenvalue weighted by atomic mass is 10.6. The Morgan fingerprint density at radius 1 is 1.50 bits per heavy atom. The molecule has 1 aliphatic carbocycles. The molecule has 3 N–H and O–H groups in total. The van der Waals surface area contributed by atoms with Crippen molar-refractivity contribution in [1.82, 2.24) is 5.32 Å². The highest BCUT2D eigenvalue weighted by molar-refractivity contribution is 14.0. The molecule has 0 heterocycles. The van der Waals surface area contributed by atoms with Crippen LogP contribution in [-0.2, 0) is 9.84 Å². The zero-order valence-corrected chi connectivity index (χ0v) is 12.8. The number of hydrogen-bond acceptors (Lipinski definition) is 3. The lowest BCUT2D eigenvalue weighted by Gasteiger charge is -2.06. The molecule has 0 aromatic carbocycles. The van der Waals surface area contributed by atoms with Crippen LogP contribution in [0.1, 0.15) is 26.7 Å². The molecule has 96 valence electrons. The summed E-state index contributed by atoms with van der Waals surface area (Å²) in [6, 6.07) is 0.454. The predicted octanol–water partition coefficient (Wildman–Crippen LogP) is 0.494. The third-order valence-electron chi connectivity index (χ3n) is 2.31. The van der Waals surface area contributed by atoms with Gasteiger partial charge < -0.3 is 11.1 Å². The Kier molecular flexibility index (Phi) is 6.61. The molecular formula is C9H20IN3O2S. The molecule has 16 heavy (non-hydrogen) atoms. The van der Waals surface area contributed by atoms with Crippen LogP contribution in [-0.4, -0.2) is 38.0 Å². The van der Waals surface area contributed by atoms with Crippen LogP contribution < -0.4 is 11.1 Å². The van der Waals surface area contributed by atoms with Crippen LogP contribution in [0.2, 0.25) is 0 Å². The van der Waals surface area contributed by atoms with Crippen LogP contribution in [0.4, 0.5) is 0 Å². The fraction of sp³-hybridized carbons (Fsp3) is 0.889. The lowest BCUT2D eigenvalue weighted by Crippen LogP contribution is -2.34. The molecule has 5 nitrogen and oxygen atoms in total. The second-order valence-electron chi connectivity index (χ2n) is 4.10. The standard InChI is InChI=1S/C9H19N3O2S.HI/c1-7(2)15(13,14)6-5-11-9(10)12-8-3-4-8;/h7-8H,3-6H2,1-2H3,(H3,10,11,12);1H. The van der Waals surface area contributed by atoms with Gasteiger partial charge in [0.1, 0.15) is 0 Å². The summed E-state index contributed by atoms with van der Waals surface area (Å²) < 4.78 is 22.8. The van der Waals surface area contributed by atoms with E-state index in [2.05, 4.69) is 10.3 Å². The maximum Gasteiger partial charge on any atom is 0.188 e. The first kappa shape index (κ1) is 16.0. The quantitative estimate of drug-likeness (QED) is 0.424. The average molecular weight is 361 g/mol. The number of hydrogen-bond donors (Lipinski definition) is 2. The summed E-state index contributed by atoms with van der Waals surface area (Å²) >= 11 is 0. The summed E-state index contributed by atoms with van der Waals surface area (Å²) in [7, 11) is -3.00. The summed E-state index contributed by atoms with van der Waals surface area (Å²) in [6.45, 7) is 3.59. The molecule has 0 aliphatic heterocycles. The Bertz CT molecular complexity index is 337. The third-order valence-corrected chi connectivity index (χ3v) is 4.49. The van der Waals surface area contributed by atoms with Gasteiger partial charge in [-0.05, 0) is 26.7 Å². The van der Waals surface area contributed by atoms with E-state index in [1.807, 2.05) is 0 Å². The predicted molar refractivity (Wildman–Crippen MR) is 77.0 cm³/mol. The van der Waals surface area contributed by atoms with E-state index >= 15 is 0 Å². The van der Waals surface area contributed by atoms with Crippen LogP contribution in [0.3, 0.4) is 0 Å². The number of sulfone groups is 1.